The first-order valence-corrected chi connectivity index (χ1v) is 9.06. The van der Waals surface area contributed by atoms with Gasteiger partial charge < -0.3 is 5.11 Å². The van der Waals surface area contributed by atoms with Gasteiger partial charge in [-0.05, 0) is 29.7 Å². The smallest absolute Gasteiger partial charge is 0.337 e. The number of carbonyl (C=O) groups is 1. The van der Waals surface area contributed by atoms with Crippen LogP contribution in [-0.2, 0) is 10.0 Å². The molecule has 0 aliphatic carbocycles. The van der Waals surface area contributed by atoms with Crippen LogP contribution in [0.1, 0.15) is 35.7 Å². The molecule has 0 spiro atoms. The van der Waals surface area contributed by atoms with Crippen LogP contribution in [0.4, 0.5) is 4.39 Å². The van der Waals surface area contributed by atoms with Gasteiger partial charge in [-0.1, -0.05) is 38.1 Å². The molecule has 0 amide bonds. The average molecular weight is 361 g/mol. The molecule has 5 nitrogen and oxygen atoms in total. The lowest BCUT2D eigenvalue weighted by atomic mass is 10.0. The molecule has 3 aromatic rings. The van der Waals surface area contributed by atoms with Gasteiger partial charge in [-0.25, -0.2) is 21.6 Å². The molecule has 1 N–H and O–H groups in total. The lowest BCUT2D eigenvalue weighted by Gasteiger charge is -2.10. The fraction of sp³-hybridized carbons (Fsp3) is 0.167. The number of carboxylic acids is 1. The second-order valence-corrected chi connectivity index (χ2v) is 7.82. The van der Waals surface area contributed by atoms with Gasteiger partial charge in [0.15, 0.2) is 0 Å². The van der Waals surface area contributed by atoms with E-state index in [0.717, 1.165) is 17.8 Å². The third kappa shape index (κ3) is 2.80. The van der Waals surface area contributed by atoms with Gasteiger partial charge in [0.2, 0.25) is 0 Å². The summed E-state index contributed by atoms with van der Waals surface area (Å²) in [5.74, 6) is -1.88. The summed E-state index contributed by atoms with van der Waals surface area (Å²) in [6.45, 7) is 3.97. The molecule has 0 saturated carbocycles. The minimum atomic E-state index is -4.13. The molecule has 0 unspecified atom stereocenters. The summed E-state index contributed by atoms with van der Waals surface area (Å²) in [6, 6.07) is 10.1. The molecular weight excluding hydrogens is 345 g/mol. The van der Waals surface area contributed by atoms with Crippen LogP contribution in [0, 0.1) is 5.82 Å². The molecule has 0 atom stereocenters. The number of benzene rings is 2. The molecule has 130 valence electrons. The normalized spacial score (nSPS) is 12.0. The van der Waals surface area contributed by atoms with E-state index in [-0.39, 0.29) is 27.3 Å². The van der Waals surface area contributed by atoms with Crippen molar-refractivity contribution in [1.82, 2.24) is 3.97 Å². The highest BCUT2D eigenvalue weighted by Crippen LogP contribution is 2.28. The zero-order chi connectivity index (χ0) is 18.4. The van der Waals surface area contributed by atoms with Gasteiger partial charge >= 0.3 is 5.97 Å². The number of fused-ring (bicyclic) bond motifs is 1. The quantitative estimate of drug-likeness (QED) is 0.766. The van der Waals surface area contributed by atoms with Crippen molar-refractivity contribution in [2.75, 3.05) is 0 Å². The Morgan fingerprint density at radius 2 is 1.76 bits per heavy atom. The van der Waals surface area contributed by atoms with Crippen LogP contribution in [0.15, 0.2) is 53.6 Å². The third-order valence-electron chi connectivity index (χ3n) is 4.08. The van der Waals surface area contributed by atoms with Crippen molar-refractivity contribution in [1.29, 1.82) is 0 Å². The summed E-state index contributed by atoms with van der Waals surface area (Å²) in [6.07, 6.45) is 0.946. The van der Waals surface area contributed by atoms with E-state index in [2.05, 4.69) is 0 Å². The fourth-order valence-electron chi connectivity index (χ4n) is 2.71. The summed E-state index contributed by atoms with van der Waals surface area (Å²) in [5.41, 5.74) is 0.429. The number of aromatic carboxylic acids is 1. The highest BCUT2D eigenvalue weighted by atomic mass is 32.2. The van der Waals surface area contributed by atoms with E-state index in [1.54, 1.807) is 12.1 Å². The number of halogens is 1. The van der Waals surface area contributed by atoms with Crippen molar-refractivity contribution < 1.29 is 22.7 Å². The predicted molar refractivity (Wildman–Crippen MR) is 92.0 cm³/mol. The van der Waals surface area contributed by atoms with Crippen molar-refractivity contribution in [2.45, 2.75) is 24.7 Å². The highest BCUT2D eigenvalue weighted by molar-refractivity contribution is 7.90. The van der Waals surface area contributed by atoms with Crippen LogP contribution >= 0.6 is 0 Å². The van der Waals surface area contributed by atoms with E-state index in [1.807, 2.05) is 13.8 Å². The number of nitrogens with zero attached hydrogens (tertiary/aromatic N) is 1. The molecule has 25 heavy (non-hydrogen) atoms. The maximum Gasteiger partial charge on any atom is 0.337 e. The summed E-state index contributed by atoms with van der Waals surface area (Å²) < 4.78 is 40.8. The Balaban J connectivity index is 2.26. The molecule has 0 aliphatic rings. The largest absolute Gasteiger partial charge is 0.478 e. The predicted octanol–water partition coefficient (Wildman–Crippen LogP) is 3.84. The SMILES string of the molecule is CC(C)c1ccc(S(=O)(=O)n2cc(C(=O)O)c3cccc(F)c32)cc1. The molecule has 0 saturated heterocycles. The molecule has 0 aliphatic heterocycles. The average Bonchev–Trinajstić information content (AvgIpc) is 2.97. The first-order valence-electron chi connectivity index (χ1n) is 7.62. The Hall–Kier alpha value is -2.67. The lowest BCUT2D eigenvalue weighted by molar-refractivity contribution is 0.0699. The molecule has 0 bridgehead atoms. The Bertz CT molecular complexity index is 1070. The first kappa shape index (κ1) is 17.2. The van der Waals surface area contributed by atoms with Gasteiger partial charge in [0.05, 0.1) is 10.5 Å². The number of para-hydroxylation sites is 1. The minimum absolute atomic E-state index is 0.0333. The maximum absolute atomic E-state index is 14.3. The Morgan fingerprint density at radius 1 is 1.12 bits per heavy atom. The van der Waals surface area contributed by atoms with Gasteiger partial charge in [0.1, 0.15) is 11.3 Å². The fourth-order valence-corrected chi connectivity index (χ4v) is 4.08. The number of rotatable bonds is 4. The molecule has 1 heterocycles. The molecular formula is C18H16FNO4S. The second-order valence-electron chi connectivity index (χ2n) is 6.01. The van der Waals surface area contributed by atoms with Gasteiger partial charge in [0, 0.05) is 11.6 Å². The van der Waals surface area contributed by atoms with Crippen molar-refractivity contribution in [3.8, 4) is 0 Å². The molecule has 1 aromatic heterocycles. The van der Waals surface area contributed by atoms with Crippen LogP contribution in [-0.4, -0.2) is 23.5 Å². The third-order valence-corrected chi connectivity index (χ3v) is 5.75. The van der Waals surface area contributed by atoms with Gasteiger partial charge in [0.25, 0.3) is 10.0 Å². The van der Waals surface area contributed by atoms with Gasteiger partial charge in [-0.15, -0.1) is 0 Å². The van der Waals surface area contributed by atoms with E-state index in [0.29, 0.717) is 3.97 Å². The summed E-state index contributed by atoms with van der Waals surface area (Å²) in [5, 5.41) is 9.33. The van der Waals surface area contributed by atoms with Crippen LogP contribution in [0.2, 0.25) is 0 Å². The van der Waals surface area contributed by atoms with E-state index >= 15 is 0 Å². The molecule has 0 fully saturated rings. The second kappa shape index (κ2) is 6.00. The highest BCUT2D eigenvalue weighted by Gasteiger charge is 2.25. The summed E-state index contributed by atoms with van der Waals surface area (Å²) in [7, 11) is -4.13. The van der Waals surface area contributed by atoms with Crippen LogP contribution in [0.3, 0.4) is 0 Å². The van der Waals surface area contributed by atoms with Crippen LogP contribution in [0.5, 0.6) is 0 Å². The monoisotopic (exact) mass is 361 g/mol. The topological polar surface area (TPSA) is 76.4 Å². The van der Waals surface area contributed by atoms with Crippen LogP contribution < -0.4 is 0 Å². The van der Waals surface area contributed by atoms with E-state index in [9.17, 15) is 22.7 Å². The number of hydrogen-bond acceptors (Lipinski definition) is 3. The Morgan fingerprint density at radius 3 is 2.32 bits per heavy atom. The number of hydrogen-bond donors (Lipinski definition) is 1. The number of aromatic nitrogens is 1. The Labute approximate surface area is 144 Å². The molecule has 7 heteroatoms. The van der Waals surface area contributed by atoms with Crippen molar-refractivity contribution in [3.05, 3.63) is 65.6 Å². The summed E-state index contributed by atoms with van der Waals surface area (Å²) >= 11 is 0. The van der Waals surface area contributed by atoms with E-state index in [1.165, 1.54) is 24.3 Å². The van der Waals surface area contributed by atoms with Crippen molar-refractivity contribution in [3.63, 3.8) is 0 Å². The molecule has 2 aromatic carbocycles. The first-order chi connectivity index (χ1) is 11.7. The van der Waals surface area contributed by atoms with E-state index in [4.69, 9.17) is 0 Å². The number of carboxylic acid groups (broad SMARTS) is 1. The zero-order valence-electron chi connectivity index (χ0n) is 13.6. The van der Waals surface area contributed by atoms with E-state index < -0.39 is 21.8 Å². The molecule has 3 rings (SSSR count). The van der Waals surface area contributed by atoms with Gasteiger partial charge in [-0.3, -0.25) is 0 Å². The Kier molecular flexibility index (Phi) is 4.12. The lowest BCUT2D eigenvalue weighted by Crippen LogP contribution is -2.13. The van der Waals surface area contributed by atoms with Gasteiger partial charge in [-0.2, -0.15) is 0 Å². The van der Waals surface area contributed by atoms with Crippen LogP contribution in [0.25, 0.3) is 10.9 Å². The zero-order valence-corrected chi connectivity index (χ0v) is 14.4. The minimum Gasteiger partial charge on any atom is -0.478 e. The molecule has 0 radical (unpaired) electrons. The maximum atomic E-state index is 14.3. The van der Waals surface area contributed by atoms with Crippen molar-refractivity contribution in [2.24, 2.45) is 0 Å². The standard InChI is InChI=1S/C18H16FNO4S/c1-11(2)12-6-8-13(9-7-12)25(23,24)20-10-15(18(21)22)14-4-3-5-16(19)17(14)20/h3-11H,1-2H3,(H,21,22). The van der Waals surface area contributed by atoms with Crippen molar-refractivity contribution >= 4 is 26.9 Å². The summed E-state index contributed by atoms with van der Waals surface area (Å²) in [4.78, 5) is 11.4.